The summed E-state index contributed by atoms with van der Waals surface area (Å²) in [4.78, 5) is 37.5. The minimum absolute atomic E-state index is 0.0663. The minimum Gasteiger partial charge on any atom is -0.480 e. The summed E-state index contributed by atoms with van der Waals surface area (Å²) in [5.41, 5.74) is 2.27. The Hall–Kier alpha value is -2.78. The summed E-state index contributed by atoms with van der Waals surface area (Å²) in [5, 5.41) is 6.42. The second-order valence-electron chi connectivity index (χ2n) is 11.6. The van der Waals surface area contributed by atoms with E-state index in [0.29, 0.717) is 10.9 Å². The highest BCUT2D eigenvalue weighted by Crippen LogP contribution is 2.48. The molecule has 10 heteroatoms. The van der Waals surface area contributed by atoms with Gasteiger partial charge in [-0.05, 0) is 61.6 Å². The number of ether oxygens (including phenoxy) is 3. The van der Waals surface area contributed by atoms with Crippen LogP contribution < -0.4 is 15.4 Å². The van der Waals surface area contributed by atoms with E-state index in [9.17, 15) is 14.4 Å². The average Bonchev–Trinajstić information content (AvgIpc) is 3.16. The molecule has 2 N–H and O–H groups in total. The van der Waals surface area contributed by atoms with Crippen LogP contribution >= 0.6 is 22.9 Å². The molecule has 1 unspecified atom stereocenters. The molecule has 8 nitrogen and oxygen atoms in total. The van der Waals surface area contributed by atoms with Crippen molar-refractivity contribution in [2.24, 2.45) is 10.8 Å². The Balaban J connectivity index is 1.81. The van der Waals surface area contributed by atoms with Gasteiger partial charge in [-0.1, -0.05) is 51.4 Å². The third kappa shape index (κ3) is 8.11. The van der Waals surface area contributed by atoms with Gasteiger partial charge in [0.05, 0.1) is 18.6 Å². The molecule has 0 spiro atoms. The monoisotopic (exact) mass is 578 g/mol. The van der Waals surface area contributed by atoms with Crippen LogP contribution in [0.3, 0.4) is 0 Å². The Kier molecular flexibility index (Phi) is 9.93. The summed E-state index contributed by atoms with van der Waals surface area (Å²) in [6.45, 7) is 12.2. The Morgan fingerprint density at radius 1 is 1.15 bits per heavy atom. The van der Waals surface area contributed by atoms with E-state index in [4.69, 9.17) is 25.8 Å². The van der Waals surface area contributed by atoms with Crippen LogP contribution in [-0.2, 0) is 19.1 Å². The molecule has 0 saturated heterocycles. The SMILES string of the molecule is CCOC(=O)C(C)NC(=O)COc1c(C(=O)OC)sc(-c2cccc(NC3CC(C)(C)CC(C)(C)C3)c2)c1Cl. The van der Waals surface area contributed by atoms with Crippen molar-refractivity contribution in [2.45, 2.75) is 72.9 Å². The number of methoxy groups -OCH3 is 1. The van der Waals surface area contributed by atoms with Crippen molar-refractivity contribution in [3.05, 3.63) is 34.2 Å². The number of thiophene rings is 1. The number of carbonyl (C=O) groups is 3. The van der Waals surface area contributed by atoms with Gasteiger partial charge in [-0.2, -0.15) is 0 Å². The first-order valence-electron chi connectivity index (χ1n) is 13.1. The van der Waals surface area contributed by atoms with E-state index in [1.54, 1.807) is 6.92 Å². The molecule has 1 atom stereocenters. The zero-order valence-electron chi connectivity index (χ0n) is 23.7. The molecule has 39 heavy (non-hydrogen) atoms. The largest absolute Gasteiger partial charge is 0.480 e. The summed E-state index contributed by atoms with van der Waals surface area (Å²) >= 11 is 7.85. The predicted octanol–water partition coefficient (Wildman–Crippen LogP) is 6.32. The molecule has 1 aliphatic carbocycles. The van der Waals surface area contributed by atoms with E-state index in [-0.39, 0.29) is 33.1 Å². The van der Waals surface area contributed by atoms with E-state index in [0.717, 1.165) is 35.4 Å². The zero-order chi connectivity index (χ0) is 29.0. The molecule has 1 saturated carbocycles. The minimum atomic E-state index is -0.842. The fourth-order valence-electron chi connectivity index (χ4n) is 5.62. The normalized spacial score (nSPS) is 17.1. The van der Waals surface area contributed by atoms with Crippen molar-refractivity contribution in [1.29, 1.82) is 0 Å². The Morgan fingerprint density at radius 3 is 2.44 bits per heavy atom. The molecule has 1 aromatic heterocycles. The Bertz CT molecular complexity index is 1190. The standard InChI is InChI=1S/C29H39ClN2O6S/c1-8-37-26(34)17(2)31-21(33)15-38-23-22(30)24(39-25(23)27(35)36-7)18-10-9-11-19(12-18)32-20-13-28(3,4)16-29(5,6)14-20/h9-12,17,20,32H,8,13-16H2,1-7H3,(H,31,33). The van der Waals surface area contributed by atoms with Gasteiger partial charge in [-0.25, -0.2) is 9.59 Å². The van der Waals surface area contributed by atoms with Gasteiger partial charge in [0.15, 0.2) is 17.2 Å². The van der Waals surface area contributed by atoms with Gasteiger partial charge in [0.2, 0.25) is 0 Å². The second kappa shape index (κ2) is 12.6. The van der Waals surface area contributed by atoms with Crippen molar-refractivity contribution >= 4 is 46.5 Å². The zero-order valence-corrected chi connectivity index (χ0v) is 25.3. The molecule has 1 aliphatic rings. The summed E-state index contributed by atoms with van der Waals surface area (Å²) in [7, 11) is 1.27. The molecule has 0 bridgehead atoms. The number of halogens is 1. The highest BCUT2D eigenvalue weighted by Gasteiger charge is 2.38. The van der Waals surface area contributed by atoms with E-state index in [1.165, 1.54) is 20.5 Å². The summed E-state index contributed by atoms with van der Waals surface area (Å²) < 4.78 is 15.5. The van der Waals surface area contributed by atoms with Crippen molar-refractivity contribution in [3.63, 3.8) is 0 Å². The third-order valence-corrected chi connectivity index (χ3v) is 8.27. The molecule has 1 fully saturated rings. The summed E-state index contributed by atoms with van der Waals surface area (Å²) in [5.74, 6) is -1.66. The molecule has 0 aliphatic heterocycles. The van der Waals surface area contributed by atoms with Crippen molar-refractivity contribution in [2.75, 3.05) is 25.6 Å². The van der Waals surface area contributed by atoms with Crippen molar-refractivity contribution in [3.8, 4) is 16.2 Å². The first kappa shape index (κ1) is 30.8. The number of esters is 2. The first-order valence-corrected chi connectivity index (χ1v) is 14.3. The van der Waals surface area contributed by atoms with E-state index in [2.05, 4.69) is 38.3 Å². The number of benzene rings is 1. The quantitative estimate of drug-likeness (QED) is 0.318. The highest BCUT2D eigenvalue weighted by atomic mass is 35.5. The molecule has 1 heterocycles. The Morgan fingerprint density at radius 2 is 1.82 bits per heavy atom. The number of nitrogens with one attached hydrogen (secondary N) is 2. The van der Waals surface area contributed by atoms with E-state index >= 15 is 0 Å². The summed E-state index contributed by atoms with van der Waals surface area (Å²) in [6, 6.07) is 7.37. The predicted molar refractivity (Wildman–Crippen MR) is 155 cm³/mol. The average molecular weight is 579 g/mol. The fourth-order valence-corrected chi connectivity index (χ4v) is 7.10. The molecule has 1 amide bonds. The van der Waals surface area contributed by atoms with Crippen LogP contribution in [0.2, 0.25) is 5.02 Å². The van der Waals surface area contributed by atoms with Crippen molar-refractivity contribution in [1.82, 2.24) is 5.32 Å². The van der Waals surface area contributed by atoms with Crippen LogP contribution in [0, 0.1) is 10.8 Å². The van der Waals surface area contributed by atoms with Crippen LogP contribution in [0.25, 0.3) is 10.4 Å². The number of hydrogen-bond acceptors (Lipinski definition) is 8. The van der Waals surface area contributed by atoms with Gasteiger partial charge in [0, 0.05) is 11.7 Å². The molecule has 1 aromatic carbocycles. The number of anilines is 1. The number of amides is 1. The number of hydrogen-bond donors (Lipinski definition) is 2. The van der Waals surface area contributed by atoms with Gasteiger partial charge >= 0.3 is 11.9 Å². The topological polar surface area (TPSA) is 103 Å². The van der Waals surface area contributed by atoms with Gasteiger partial charge in [0.1, 0.15) is 11.1 Å². The molecular weight excluding hydrogens is 540 g/mol. The van der Waals surface area contributed by atoms with Gasteiger partial charge in [0.25, 0.3) is 5.91 Å². The number of rotatable bonds is 10. The maximum Gasteiger partial charge on any atom is 0.351 e. The third-order valence-electron chi connectivity index (χ3n) is 6.60. The lowest BCUT2D eigenvalue weighted by Gasteiger charge is -2.45. The maximum absolute atomic E-state index is 12.5. The highest BCUT2D eigenvalue weighted by molar-refractivity contribution is 7.18. The summed E-state index contributed by atoms with van der Waals surface area (Å²) in [6.07, 6.45) is 3.32. The lowest BCUT2D eigenvalue weighted by atomic mass is 9.63. The van der Waals surface area contributed by atoms with Gasteiger partial charge in [-0.15, -0.1) is 11.3 Å². The fraction of sp³-hybridized carbons (Fsp3) is 0.552. The van der Waals surface area contributed by atoms with Crippen LogP contribution in [0.5, 0.6) is 5.75 Å². The molecule has 2 aromatic rings. The smallest absolute Gasteiger partial charge is 0.351 e. The van der Waals surface area contributed by atoms with Crippen LogP contribution in [0.4, 0.5) is 5.69 Å². The van der Waals surface area contributed by atoms with E-state index < -0.39 is 30.5 Å². The molecule has 214 valence electrons. The lowest BCUT2D eigenvalue weighted by Crippen LogP contribution is -2.41. The van der Waals surface area contributed by atoms with Crippen LogP contribution in [0.15, 0.2) is 24.3 Å². The van der Waals surface area contributed by atoms with Crippen LogP contribution in [0.1, 0.15) is 70.5 Å². The first-order chi connectivity index (χ1) is 18.2. The maximum atomic E-state index is 12.5. The van der Waals surface area contributed by atoms with Gasteiger partial charge in [-0.3, -0.25) is 4.79 Å². The number of carbonyl (C=O) groups excluding carboxylic acids is 3. The van der Waals surface area contributed by atoms with Crippen molar-refractivity contribution < 1.29 is 28.6 Å². The molecular formula is C29H39ClN2O6S. The van der Waals surface area contributed by atoms with E-state index in [1.807, 2.05) is 24.3 Å². The molecule has 0 radical (unpaired) electrons. The van der Waals surface area contributed by atoms with Gasteiger partial charge < -0.3 is 24.8 Å². The lowest BCUT2D eigenvalue weighted by molar-refractivity contribution is -0.147. The molecule has 3 rings (SSSR count). The Labute approximate surface area is 239 Å². The van der Waals surface area contributed by atoms with Crippen LogP contribution in [-0.4, -0.2) is 50.3 Å². The second-order valence-corrected chi connectivity index (χ2v) is 13.0.